The minimum Gasteiger partial charge on any atom is -0.396 e. The van der Waals surface area contributed by atoms with Crippen molar-refractivity contribution >= 4 is 11.6 Å². The molecule has 0 bridgehead atoms. The maximum Gasteiger partial charge on any atom is 0.416 e. The van der Waals surface area contributed by atoms with Crippen molar-refractivity contribution < 1.29 is 18.3 Å². The molecule has 1 heterocycles. The van der Waals surface area contributed by atoms with Crippen LogP contribution >= 0.6 is 0 Å². The number of nitrogens with one attached hydrogen (secondary N) is 2. The average Bonchev–Trinajstić information content (AvgIpc) is 2.93. The number of pyridine rings is 1. The summed E-state index contributed by atoms with van der Waals surface area (Å²) in [6, 6.07) is 1.80. The van der Waals surface area contributed by atoms with Crippen LogP contribution in [-0.4, -0.2) is 23.2 Å². The van der Waals surface area contributed by atoms with E-state index in [1.54, 1.807) is 0 Å². The lowest BCUT2D eigenvalue weighted by atomic mass is 9.87. The maximum atomic E-state index is 12.8. The Kier molecular flexibility index (Phi) is 4.58. The molecule has 0 spiro atoms. The topological polar surface area (TPSA) is 83.2 Å². The minimum absolute atomic E-state index is 0.0148. The van der Waals surface area contributed by atoms with Gasteiger partial charge in [0.15, 0.2) is 0 Å². The largest absolute Gasteiger partial charge is 0.416 e. The van der Waals surface area contributed by atoms with Gasteiger partial charge in [-0.05, 0) is 25.0 Å². The molecule has 0 saturated heterocycles. The quantitative estimate of drug-likeness (QED) is 0.496. The lowest BCUT2D eigenvalue weighted by molar-refractivity contribution is -0.137. The molecule has 1 saturated carbocycles. The third-order valence-electron chi connectivity index (χ3n) is 3.94. The SMILES string of the molecule is NNc1cc(C(F)(F)F)cc(NCC2(CO)CCCC2)n1. The highest BCUT2D eigenvalue weighted by Gasteiger charge is 2.34. The number of nitrogen functional groups attached to an aromatic ring is 1. The Hall–Kier alpha value is -1.54. The number of rotatable bonds is 5. The van der Waals surface area contributed by atoms with Crippen LogP contribution < -0.4 is 16.6 Å². The fourth-order valence-electron chi connectivity index (χ4n) is 2.65. The number of nitrogens with zero attached hydrogens (tertiary/aromatic N) is 1. The van der Waals surface area contributed by atoms with Crippen molar-refractivity contribution in [3.05, 3.63) is 17.7 Å². The zero-order valence-corrected chi connectivity index (χ0v) is 11.5. The van der Waals surface area contributed by atoms with Gasteiger partial charge in [0.1, 0.15) is 11.6 Å². The molecule has 8 heteroatoms. The first-order chi connectivity index (χ1) is 9.88. The molecule has 118 valence electrons. The Labute approximate surface area is 120 Å². The van der Waals surface area contributed by atoms with Crippen LogP contribution in [0.25, 0.3) is 0 Å². The van der Waals surface area contributed by atoms with Crippen LogP contribution in [0.1, 0.15) is 31.2 Å². The third kappa shape index (κ3) is 3.76. The monoisotopic (exact) mass is 304 g/mol. The highest BCUT2D eigenvalue weighted by atomic mass is 19.4. The summed E-state index contributed by atoms with van der Waals surface area (Å²) in [5, 5.41) is 12.4. The fourth-order valence-corrected chi connectivity index (χ4v) is 2.65. The Balaban J connectivity index is 2.15. The standard InChI is InChI=1S/C13H19F3N4O/c14-13(15,16)9-5-10(19-11(6-9)20-17)18-7-12(8-21)3-1-2-4-12/h5-6,21H,1-4,7-8,17H2,(H2,18,19,20). The lowest BCUT2D eigenvalue weighted by Crippen LogP contribution is -2.31. The van der Waals surface area contributed by atoms with Crippen LogP contribution in [0.15, 0.2) is 12.1 Å². The summed E-state index contributed by atoms with van der Waals surface area (Å²) >= 11 is 0. The molecule has 2 rings (SSSR count). The van der Waals surface area contributed by atoms with Gasteiger partial charge in [-0.1, -0.05) is 12.8 Å². The van der Waals surface area contributed by atoms with Gasteiger partial charge in [-0.25, -0.2) is 10.8 Å². The summed E-state index contributed by atoms with van der Waals surface area (Å²) in [6.07, 6.45) is -0.705. The van der Waals surface area contributed by atoms with Crippen LogP contribution in [0.5, 0.6) is 0 Å². The molecule has 0 aromatic carbocycles. The van der Waals surface area contributed by atoms with Gasteiger partial charge in [0.2, 0.25) is 0 Å². The maximum absolute atomic E-state index is 12.8. The normalized spacial score (nSPS) is 17.8. The molecule has 5 N–H and O–H groups in total. The summed E-state index contributed by atoms with van der Waals surface area (Å²) in [6.45, 7) is 0.406. The zero-order valence-electron chi connectivity index (χ0n) is 11.5. The van der Waals surface area contributed by atoms with E-state index in [2.05, 4.69) is 15.7 Å². The van der Waals surface area contributed by atoms with Crippen molar-refractivity contribution in [3.63, 3.8) is 0 Å². The first-order valence-electron chi connectivity index (χ1n) is 6.79. The van der Waals surface area contributed by atoms with E-state index in [4.69, 9.17) is 5.84 Å². The molecule has 1 aromatic heterocycles. The van der Waals surface area contributed by atoms with Crippen molar-refractivity contribution in [2.75, 3.05) is 23.9 Å². The van der Waals surface area contributed by atoms with Crippen LogP contribution in [0, 0.1) is 5.41 Å². The molecular weight excluding hydrogens is 285 g/mol. The number of hydrogen-bond acceptors (Lipinski definition) is 5. The number of hydrogen-bond donors (Lipinski definition) is 4. The number of aliphatic hydroxyl groups is 1. The van der Waals surface area contributed by atoms with E-state index in [9.17, 15) is 18.3 Å². The minimum atomic E-state index is -4.47. The van der Waals surface area contributed by atoms with Gasteiger partial charge in [-0.3, -0.25) is 0 Å². The number of anilines is 2. The Bertz CT molecular complexity index is 487. The third-order valence-corrected chi connectivity index (χ3v) is 3.94. The van der Waals surface area contributed by atoms with E-state index in [-0.39, 0.29) is 23.7 Å². The van der Waals surface area contributed by atoms with E-state index >= 15 is 0 Å². The van der Waals surface area contributed by atoms with Gasteiger partial charge >= 0.3 is 6.18 Å². The predicted molar refractivity (Wildman–Crippen MR) is 73.5 cm³/mol. The van der Waals surface area contributed by atoms with Gasteiger partial charge in [-0.15, -0.1) is 0 Å². The molecule has 0 atom stereocenters. The molecule has 21 heavy (non-hydrogen) atoms. The summed E-state index contributed by atoms with van der Waals surface area (Å²) in [5.41, 5.74) is 1.04. The van der Waals surface area contributed by atoms with Gasteiger partial charge in [0, 0.05) is 12.0 Å². The van der Waals surface area contributed by atoms with E-state index in [0.717, 1.165) is 37.8 Å². The number of nitrogens with two attached hydrogens (primary N) is 1. The number of alkyl halides is 3. The fraction of sp³-hybridized carbons (Fsp3) is 0.615. The van der Waals surface area contributed by atoms with E-state index in [0.29, 0.717) is 6.54 Å². The second-order valence-electron chi connectivity index (χ2n) is 5.49. The Morgan fingerprint density at radius 2 is 1.86 bits per heavy atom. The molecule has 1 aliphatic carbocycles. The Morgan fingerprint density at radius 3 is 2.38 bits per heavy atom. The Morgan fingerprint density at radius 1 is 1.24 bits per heavy atom. The smallest absolute Gasteiger partial charge is 0.396 e. The van der Waals surface area contributed by atoms with Crippen molar-refractivity contribution in [1.82, 2.24) is 4.98 Å². The van der Waals surface area contributed by atoms with Crippen LogP contribution in [0.2, 0.25) is 0 Å². The number of aliphatic hydroxyl groups excluding tert-OH is 1. The molecule has 0 aliphatic heterocycles. The summed E-state index contributed by atoms with van der Waals surface area (Å²) in [4.78, 5) is 3.96. The number of hydrazine groups is 1. The van der Waals surface area contributed by atoms with Gasteiger partial charge < -0.3 is 15.8 Å². The van der Waals surface area contributed by atoms with Crippen LogP contribution in [0.4, 0.5) is 24.8 Å². The van der Waals surface area contributed by atoms with E-state index in [1.165, 1.54) is 0 Å². The van der Waals surface area contributed by atoms with E-state index in [1.807, 2.05) is 0 Å². The zero-order chi connectivity index (χ0) is 15.5. The second-order valence-corrected chi connectivity index (χ2v) is 5.49. The lowest BCUT2D eigenvalue weighted by Gasteiger charge is -2.27. The predicted octanol–water partition coefficient (Wildman–Crippen LogP) is 2.35. The molecular formula is C13H19F3N4O. The van der Waals surface area contributed by atoms with Crippen molar-refractivity contribution in [1.29, 1.82) is 0 Å². The van der Waals surface area contributed by atoms with Crippen molar-refractivity contribution in [2.45, 2.75) is 31.9 Å². The van der Waals surface area contributed by atoms with Gasteiger partial charge in [0.25, 0.3) is 0 Å². The second kappa shape index (κ2) is 6.07. The molecule has 1 aromatic rings. The van der Waals surface area contributed by atoms with Gasteiger partial charge in [0.05, 0.1) is 12.2 Å². The molecule has 5 nitrogen and oxygen atoms in total. The molecule has 1 fully saturated rings. The number of halogens is 3. The summed E-state index contributed by atoms with van der Waals surface area (Å²) in [5.74, 6) is 5.19. The van der Waals surface area contributed by atoms with Crippen molar-refractivity contribution in [3.8, 4) is 0 Å². The summed E-state index contributed by atoms with van der Waals surface area (Å²) in [7, 11) is 0. The van der Waals surface area contributed by atoms with Gasteiger partial charge in [-0.2, -0.15) is 13.2 Å². The van der Waals surface area contributed by atoms with Crippen LogP contribution in [-0.2, 0) is 6.18 Å². The molecule has 0 unspecified atom stereocenters. The highest BCUT2D eigenvalue weighted by Crippen LogP contribution is 2.38. The first-order valence-corrected chi connectivity index (χ1v) is 6.79. The molecule has 0 radical (unpaired) electrons. The van der Waals surface area contributed by atoms with E-state index < -0.39 is 11.7 Å². The highest BCUT2D eigenvalue weighted by molar-refractivity contribution is 5.49. The van der Waals surface area contributed by atoms with Crippen LogP contribution in [0.3, 0.4) is 0 Å². The summed E-state index contributed by atoms with van der Waals surface area (Å²) < 4.78 is 38.4. The first kappa shape index (κ1) is 15.8. The molecule has 0 amide bonds. The van der Waals surface area contributed by atoms with Crippen molar-refractivity contribution in [2.24, 2.45) is 11.3 Å². The average molecular weight is 304 g/mol. The number of aromatic nitrogens is 1. The molecule has 1 aliphatic rings.